The van der Waals surface area contributed by atoms with Gasteiger partial charge in [0.05, 0.1) is 0 Å². The minimum Gasteiger partial charge on any atom is -0.508 e. The fraction of sp³-hybridized carbons (Fsp3) is 0.500. The quantitative estimate of drug-likeness (QED) is 0.691. The molecule has 0 radical (unpaired) electrons. The second kappa shape index (κ2) is 7.14. The van der Waals surface area contributed by atoms with E-state index in [1.54, 1.807) is 19.1 Å². The highest BCUT2D eigenvalue weighted by molar-refractivity contribution is 5.94. The third-order valence-corrected chi connectivity index (χ3v) is 5.05. The fourth-order valence-electron chi connectivity index (χ4n) is 3.20. The first kappa shape index (κ1) is 20.2. The summed E-state index contributed by atoms with van der Waals surface area (Å²) in [6, 6.07) is 3.42. The van der Waals surface area contributed by atoms with Crippen molar-refractivity contribution < 1.29 is 23.1 Å². The number of hydrogen-bond acceptors (Lipinski definition) is 3. The van der Waals surface area contributed by atoms with Crippen LogP contribution in [0.15, 0.2) is 18.2 Å². The standard InChI is InChI=1S/C20H24F3N3O2/c1-10(2)14-8-15(11(3)7-17(14)27)24-19(28)12(4)26-16(13-5-6-13)9-18(25-26)20(21,22)23/h7-10,12-13,27H,5-6H2,1-4H3,(H,24,28). The Morgan fingerprint density at radius 1 is 1.25 bits per heavy atom. The number of halogens is 3. The summed E-state index contributed by atoms with van der Waals surface area (Å²) < 4.78 is 40.5. The Morgan fingerprint density at radius 3 is 2.43 bits per heavy atom. The summed E-state index contributed by atoms with van der Waals surface area (Å²) in [5, 5.41) is 16.5. The number of alkyl halides is 3. The van der Waals surface area contributed by atoms with E-state index in [2.05, 4.69) is 10.4 Å². The molecule has 3 rings (SSSR count). The molecular formula is C20H24F3N3O2. The molecule has 152 valence electrons. The number of nitrogens with one attached hydrogen (secondary N) is 1. The number of nitrogens with zero attached hydrogens (tertiary/aromatic N) is 2. The van der Waals surface area contributed by atoms with Crippen LogP contribution in [-0.4, -0.2) is 20.8 Å². The van der Waals surface area contributed by atoms with Crippen molar-refractivity contribution in [3.05, 3.63) is 40.7 Å². The predicted octanol–water partition coefficient (Wildman–Crippen LogP) is 5.12. The zero-order valence-electron chi connectivity index (χ0n) is 16.3. The molecule has 0 spiro atoms. The minimum atomic E-state index is -4.55. The Morgan fingerprint density at radius 2 is 1.89 bits per heavy atom. The van der Waals surface area contributed by atoms with Gasteiger partial charge in [-0.3, -0.25) is 9.48 Å². The summed E-state index contributed by atoms with van der Waals surface area (Å²) in [7, 11) is 0. The smallest absolute Gasteiger partial charge is 0.435 e. The van der Waals surface area contributed by atoms with Crippen molar-refractivity contribution in [1.29, 1.82) is 0 Å². The maximum absolute atomic E-state index is 13.1. The number of aryl methyl sites for hydroxylation is 1. The van der Waals surface area contributed by atoms with E-state index in [9.17, 15) is 23.1 Å². The van der Waals surface area contributed by atoms with E-state index in [0.717, 1.165) is 18.9 Å². The maximum atomic E-state index is 13.1. The molecule has 1 amide bonds. The third kappa shape index (κ3) is 4.00. The topological polar surface area (TPSA) is 67.2 Å². The lowest BCUT2D eigenvalue weighted by atomic mass is 9.99. The highest BCUT2D eigenvalue weighted by Gasteiger charge is 2.39. The number of anilines is 1. The lowest BCUT2D eigenvalue weighted by Crippen LogP contribution is -2.26. The molecule has 1 unspecified atom stereocenters. The van der Waals surface area contributed by atoms with Crippen molar-refractivity contribution in [2.75, 3.05) is 5.32 Å². The number of carbonyl (C=O) groups is 1. The summed E-state index contributed by atoms with van der Waals surface area (Å²) in [5.41, 5.74) is 1.35. The minimum absolute atomic E-state index is 0.0156. The van der Waals surface area contributed by atoms with Gasteiger partial charge in [0.2, 0.25) is 5.91 Å². The van der Waals surface area contributed by atoms with E-state index >= 15 is 0 Å². The molecule has 5 nitrogen and oxygen atoms in total. The van der Waals surface area contributed by atoms with Crippen LogP contribution in [0.1, 0.15) is 74.0 Å². The van der Waals surface area contributed by atoms with E-state index in [-0.39, 0.29) is 17.6 Å². The average Bonchev–Trinajstić information content (AvgIpc) is 3.33. The molecule has 1 saturated carbocycles. The van der Waals surface area contributed by atoms with E-state index in [1.165, 1.54) is 11.6 Å². The van der Waals surface area contributed by atoms with Gasteiger partial charge < -0.3 is 10.4 Å². The van der Waals surface area contributed by atoms with Crippen LogP contribution in [-0.2, 0) is 11.0 Å². The van der Waals surface area contributed by atoms with Crippen molar-refractivity contribution in [2.24, 2.45) is 0 Å². The molecule has 1 aromatic heterocycles. The molecule has 1 aliphatic rings. The number of benzene rings is 1. The largest absolute Gasteiger partial charge is 0.508 e. The Kier molecular flexibility index (Phi) is 5.16. The van der Waals surface area contributed by atoms with Gasteiger partial charge in [-0.1, -0.05) is 13.8 Å². The number of aromatic nitrogens is 2. The van der Waals surface area contributed by atoms with Gasteiger partial charge in [-0.05, 0) is 61.9 Å². The van der Waals surface area contributed by atoms with Gasteiger partial charge in [-0.2, -0.15) is 18.3 Å². The number of phenolic OH excluding ortho intramolecular Hbond substituents is 1. The van der Waals surface area contributed by atoms with Crippen LogP contribution in [0, 0.1) is 6.92 Å². The van der Waals surface area contributed by atoms with Crippen molar-refractivity contribution in [3.63, 3.8) is 0 Å². The zero-order valence-corrected chi connectivity index (χ0v) is 16.3. The van der Waals surface area contributed by atoms with Crippen LogP contribution in [0.3, 0.4) is 0 Å². The van der Waals surface area contributed by atoms with E-state index < -0.39 is 23.8 Å². The van der Waals surface area contributed by atoms with Crippen molar-refractivity contribution in [1.82, 2.24) is 9.78 Å². The summed E-state index contributed by atoms with van der Waals surface area (Å²) in [6.45, 7) is 7.12. The number of hydrogen-bond donors (Lipinski definition) is 2. The first-order chi connectivity index (χ1) is 13.0. The zero-order chi connectivity index (χ0) is 20.8. The second-order valence-electron chi connectivity index (χ2n) is 7.72. The molecule has 1 aliphatic carbocycles. The second-order valence-corrected chi connectivity index (χ2v) is 7.72. The van der Waals surface area contributed by atoms with Crippen molar-refractivity contribution in [3.8, 4) is 5.75 Å². The third-order valence-electron chi connectivity index (χ3n) is 5.05. The van der Waals surface area contributed by atoms with E-state index in [1.807, 2.05) is 13.8 Å². The van der Waals surface area contributed by atoms with Crippen LogP contribution in [0.25, 0.3) is 0 Å². The Balaban J connectivity index is 1.88. The number of rotatable bonds is 5. The number of aromatic hydroxyl groups is 1. The average molecular weight is 395 g/mol. The van der Waals surface area contributed by atoms with Crippen LogP contribution in [0.4, 0.5) is 18.9 Å². The molecule has 0 aliphatic heterocycles. The van der Waals surface area contributed by atoms with Gasteiger partial charge >= 0.3 is 6.18 Å². The van der Waals surface area contributed by atoms with E-state index in [4.69, 9.17) is 0 Å². The highest BCUT2D eigenvalue weighted by atomic mass is 19.4. The summed E-state index contributed by atoms with van der Waals surface area (Å²) >= 11 is 0. The summed E-state index contributed by atoms with van der Waals surface area (Å²) in [4.78, 5) is 12.8. The van der Waals surface area contributed by atoms with Crippen molar-refractivity contribution >= 4 is 11.6 Å². The van der Waals surface area contributed by atoms with Gasteiger partial charge in [-0.15, -0.1) is 0 Å². The number of carbonyl (C=O) groups excluding carboxylic acids is 1. The van der Waals surface area contributed by atoms with Crippen molar-refractivity contribution in [2.45, 2.75) is 64.6 Å². The van der Waals surface area contributed by atoms with Crippen LogP contribution in [0.5, 0.6) is 5.75 Å². The highest BCUT2D eigenvalue weighted by Crippen LogP contribution is 2.43. The molecule has 1 aromatic carbocycles. The maximum Gasteiger partial charge on any atom is 0.435 e. The monoisotopic (exact) mass is 395 g/mol. The summed E-state index contributed by atoms with van der Waals surface area (Å²) in [5.74, 6) is -0.240. The first-order valence-electron chi connectivity index (χ1n) is 9.30. The van der Waals surface area contributed by atoms with Gasteiger partial charge in [0.25, 0.3) is 0 Å². The molecule has 1 heterocycles. The van der Waals surface area contributed by atoms with Crippen LogP contribution >= 0.6 is 0 Å². The van der Waals surface area contributed by atoms with Crippen LogP contribution < -0.4 is 5.32 Å². The molecule has 1 fully saturated rings. The summed E-state index contributed by atoms with van der Waals surface area (Å²) in [6.07, 6.45) is -2.96. The Hall–Kier alpha value is -2.51. The van der Waals surface area contributed by atoms with Gasteiger partial charge in [-0.25, -0.2) is 0 Å². The molecule has 8 heteroatoms. The lowest BCUT2D eigenvalue weighted by molar-refractivity contribution is -0.141. The van der Waals surface area contributed by atoms with Crippen LogP contribution in [0.2, 0.25) is 0 Å². The van der Waals surface area contributed by atoms with Gasteiger partial charge in [0.15, 0.2) is 5.69 Å². The normalized spacial score (nSPS) is 15.7. The molecule has 0 saturated heterocycles. The first-order valence-corrected chi connectivity index (χ1v) is 9.30. The Bertz CT molecular complexity index is 899. The van der Waals surface area contributed by atoms with E-state index in [0.29, 0.717) is 22.5 Å². The molecule has 2 aromatic rings. The molecule has 28 heavy (non-hydrogen) atoms. The Labute approximate surface area is 161 Å². The molecule has 2 N–H and O–H groups in total. The molecule has 0 bridgehead atoms. The SMILES string of the molecule is Cc1cc(O)c(C(C)C)cc1NC(=O)C(C)n1nc(C(F)(F)F)cc1C1CC1. The number of phenols is 1. The molecular weight excluding hydrogens is 371 g/mol. The fourth-order valence-corrected chi connectivity index (χ4v) is 3.20. The predicted molar refractivity (Wildman–Crippen MR) is 99.5 cm³/mol. The van der Waals surface area contributed by atoms with Gasteiger partial charge in [0, 0.05) is 17.3 Å². The van der Waals surface area contributed by atoms with Gasteiger partial charge in [0.1, 0.15) is 11.8 Å². The lowest BCUT2D eigenvalue weighted by Gasteiger charge is -2.18. The number of amides is 1. The molecule has 1 atom stereocenters.